The topological polar surface area (TPSA) is 120 Å². The second-order valence-corrected chi connectivity index (χ2v) is 8.61. The quantitative estimate of drug-likeness (QED) is 0.630. The highest BCUT2D eigenvalue weighted by Crippen LogP contribution is 2.36. The number of nitrogens with one attached hydrogen (secondary N) is 2. The number of aromatic nitrogens is 2. The van der Waals surface area contributed by atoms with Gasteiger partial charge < -0.3 is 20.1 Å². The fraction of sp³-hybridized carbons (Fsp3) is 0.240. The molecule has 2 aliphatic rings. The van der Waals surface area contributed by atoms with Crippen LogP contribution in [0.2, 0.25) is 0 Å². The highest BCUT2D eigenvalue weighted by molar-refractivity contribution is 5.99. The smallest absolute Gasteiger partial charge is 0.323 e. The fourth-order valence-corrected chi connectivity index (χ4v) is 4.83. The Morgan fingerprint density at radius 1 is 1.06 bits per heavy atom. The SMILES string of the molecule is N#Cc1cccc(NC(=O)Nc2ccc3n(c2=O)C[C@@H]2C[C@@H]3CN(C(=O)c3cccnc3)C2)c1. The summed E-state index contributed by atoms with van der Waals surface area (Å²) in [5.41, 5.74) is 2.24. The summed E-state index contributed by atoms with van der Waals surface area (Å²) < 4.78 is 1.72. The maximum absolute atomic E-state index is 13.2. The van der Waals surface area contributed by atoms with E-state index in [-0.39, 0.29) is 29.0 Å². The molecule has 9 heteroatoms. The van der Waals surface area contributed by atoms with Gasteiger partial charge in [-0.1, -0.05) is 6.07 Å². The van der Waals surface area contributed by atoms with E-state index in [1.807, 2.05) is 17.0 Å². The number of carbonyl (C=O) groups excluding carboxylic acids is 2. The minimum Gasteiger partial charge on any atom is -0.338 e. The molecule has 1 saturated heterocycles. The Morgan fingerprint density at radius 2 is 1.94 bits per heavy atom. The average molecular weight is 454 g/mol. The zero-order valence-electron chi connectivity index (χ0n) is 18.3. The Morgan fingerprint density at radius 3 is 2.74 bits per heavy atom. The van der Waals surface area contributed by atoms with Crippen molar-refractivity contribution < 1.29 is 9.59 Å². The minimum atomic E-state index is -0.558. The lowest BCUT2D eigenvalue weighted by Crippen LogP contribution is -2.49. The number of pyridine rings is 2. The first-order valence-corrected chi connectivity index (χ1v) is 11.0. The number of anilines is 2. The van der Waals surface area contributed by atoms with Gasteiger partial charge in [0.05, 0.1) is 17.2 Å². The van der Waals surface area contributed by atoms with Gasteiger partial charge in [-0.05, 0) is 54.8 Å². The Balaban J connectivity index is 1.32. The highest BCUT2D eigenvalue weighted by atomic mass is 16.2. The van der Waals surface area contributed by atoms with Crippen LogP contribution in [0.15, 0.2) is 65.7 Å². The maximum atomic E-state index is 13.2. The molecule has 9 nitrogen and oxygen atoms in total. The summed E-state index contributed by atoms with van der Waals surface area (Å²) in [6, 6.07) is 15.0. The Hall–Kier alpha value is -4.45. The van der Waals surface area contributed by atoms with Crippen molar-refractivity contribution in [3.63, 3.8) is 0 Å². The van der Waals surface area contributed by atoms with Crippen LogP contribution >= 0.6 is 0 Å². The van der Waals surface area contributed by atoms with Crippen molar-refractivity contribution in [2.75, 3.05) is 23.7 Å². The predicted octanol–water partition coefficient (Wildman–Crippen LogP) is 3.02. The van der Waals surface area contributed by atoms with Gasteiger partial charge in [0.1, 0.15) is 5.69 Å². The number of hydrogen-bond donors (Lipinski definition) is 2. The number of nitrogens with zero attached hydrogens (tertiary/aromatic N) is 4. The largest absolute Gasteiger partial charge is 0.338 e. The number of fused-ring (bicyclic) bond motifs is 4. The van der Waals surface area contributed by atoms with Crippen LogP contribution in [0.4, 0.5) is 16.2 Å². The monoisotopic (exact) mass is 454 g/mol. The molecule has 34 heavy (non-hydrogen) atoms. The van der Waals surface area contributed by atoms with E-state index in [1.165, 1.54) is 0 Å². The van der Waals surface area contributed by atoms with Gasteiger partial charge in [-0.3, -0.25) is 14.6 Å². The second kappa shape index (κ2) is 8.83. The third kappa shape index (κ3) is 4.13. The highest BCUT2D eigenvalue weighted by Gasteiger charge is 2.37. The van der Waals surface area contributed by atoms with E-state index in [1.54, 1.807) is 59.4 Å². The summed E-state index contributed by atoms with van der Waals surface area (Å²) in [4.78, 5) is 44.4. The fourth-order valence-electron chi connectivity index (χ4n) is 4.83. The number of rotatable bonds is 3. The van der Waals surface area contributed by atoms with E-state index < -0.39 is 6.03 Å². The Labute approximate surface area is 195 Å². The van der Waals surface area contributed by atoms with Crippen LogP contribution in [0.3, 0.4) is 0 Å². The van der Waals surface area contributed by atoms with Crippen LogP contribution in [0, 0.1) is 17.2 Å². The molecule has 2 aliphatic heterocycles. The molecule has 0 radical (unpaired) electrons. The molecule has 0 spiro atoms. The number of nitriles is 1. The molecule has 3 aromatic rings. The first kappa shape index (κ1) is 21.4. The zero-order chi connectivity index (χ0) is 23.7. The van der Waals surface area contributed by atoms with E-state index in [0.717, 1.165) is 12.1 Å². The standard InChI is InChI=1S/C25H22N6O3/c26-11-16-3-1-5-20(10-16)28-25(34)29-21-6-7-22-19-9-17(14-31(22)24(21)33)13-30(15-19)23(32)18-4-2-8-27-12-18/h1-8,10,12,17,19H,9,13-15H2,(H2,28,29,34)/t17-,19-/m1/s1. The van der Waals surface area contributed by atoms with Gasteiger partial charge in [0.25, 0.3) is 11.5 Å². The molecule has 2 bridgehead atoms. The third-order valence-corrected chi connectivity index (χ3v) is 6.30. The van der Waals surface area contributed by atoms with Gasteiger partial charge in [0, 0.05) is 49.3 Å². The van der Waals surface area contributed by atoms with Gasteiger partial charge in [-0.2, -0.15) is 5.26 Å². The van der Waals surface area contributed by atoms with Crippen molar-refractivity contribution >= 4 is 23.3 Å². The lowest BCUT2D eigenvalue weighted by atomic mass is 9.83. The predicted molar refractivity (Wildman–Crippen MR) is 125 cm³/mol. The molecular formula is C25H22N6O3. The van der Waals surface area contributed by atoms with Gasteiger partial charge in [-0.15, -0.1) is 0 Å². The lowest BCUT2D eigenvalue weighted by molar-refractivity contribution is 0.0594. The summed E-state index contributed by atoms with van der Waals surface area (Å²) in [7, 11) is 0. The number of likely N-dealkylation sites (tertiary alicyclic amines) is 1. The molecule has 1 aromatic carbocycles. The van der Waals surface area contributed by atoms with Crippen LogP contribution in [0.25, 0.3) is 0 Å². The van der Waals surface area contributed by atoms with E-state index in [2.05, 4.69) is 15.6 Å². The van der Waals surface area contributed by atoms with Crippen LogP contribution in [-0.4, -0.2) is 39.5 Å². The molecule has 2 aromatic heterocycles. The van der Waals surface area contributed by atoms with Crippen LogP contribution in [0.1, 0.15) is 34.0 Å². The molecule has 170 valence electrons. The van der Waals surface area contributed by atoms with Crippen molar-refractivity contribution in [1.82, 2.24) is 14.5 Å². The normalized spacial score (nSPS) is 18.4. The lowest BCUT2D eigenvalue weighted by Gasteiger charge is -2.42. The van der Waals surface area contributed by atoms with Crippen LogP contribution in [-0.2, 0) is 6.54 Å². The second-order valence-electron chi connectivity index (χ2n) is 8.61. The van der Waals surface area contributed by atoms with Crippen molar-refractivity contribution in [1.29, 1.82) is 5.26 Å². The van der Waals surface area contributed by atoms with Crippen molar-refractivity contribution in [3.8, 4) is 6.07 Å². The van der Waals surface area contributed by atoms with Crippen molar-refractivity contribution in [2.45, 2.75) is 18.9 Å². The molecule has 4 heterocycles. The van der Waals surface area contributed by atoms with E-state index in [4.69, 9.17) is 5.26 Å². The van der Waals surface area contributed by atoms with Crippen molar-refractivity contribution in [3.05, 3.63) is 88.1 Å². The average Bonchev–Trinajstić information content (AvgIpc) is 2.86. The number of carbonyl (C=O) groups is 2. The first-order chi connectivity index (χ1) is 16.5. The van der Waals surface area contributed by atoms with E-state index in [9.17, 15) is 14.4 Å². The molecule has 1 fully saturated rings. The zero-order valence-corrected chi connectivity index (χ0v) is 18.3. The van der Waals surface area contributed by atoms with E-state index in [0.29, 0.717) is 36.4 Å². The number of urea groups is 1. The third-order valence-electron chi connectivity index (χ3n) is 6.30. The van der Waals surface area contributed by atoms with E-state index >= 15 is 0 Å². The molecule has 5 rings (SSSR count). The molecular weight excluding hydrogens is 432 g/mol. The summed E-state index contributed by atoms with van der Waals surface area (Å²) in [6.07, 6.45) is 4.13. The summed E-state index contributed by atoms with van der Waals surface area (Å²) in [5.74, 6) is 0.161. The van der Waals surface area contributed by atoms with Gasteiger partial charge in [-0.25, -0.2) is 4.79 Å². The molecule has 2 atom stereocenters. The van der Waals surface area contributed by atoms with Crippen molar-refractivity contribution in [2.24, 2.45) is 5.92 Å². The number of piperidine rings is 1. The number of benzene rings is 1. The van der Waals surface area contributed by atoms with Crippen LogP contribution in [0.5, 0.6) is 0 Å². The summed E-state index contributed by atoms with van der Waals surface area (Å²) in [6.45, 7) is 1.60. The van der Waals surface area contributed by atoms with Gasteiger partial charge in [0.2, 0.25) is 0 Å². The van der Waals surface area contributed by atoms with Gasteiger partial charge in [0.15, 0.2) is 0 Å². The number of hydrogen-bond acceptors (Lipinski definition) is 5. The Kier molecular flexibility index (Phi) is 5.55. The van der Waals surface area contributed by atoms with Gasteiger partial charge >= 0.3 is 6.03 Å². The molecule has 3 amide bonds. The summed E-state index contributed by atoms with van der Waals surface area (Å²) in [5, 5.41) is 14.3. The van der Waals surface area contributed by atoms with Crippen LogP contribution < -0.4 is 16.2 Å². The first-order valence-electron chi connectivity index (χ1n) is 11.0. The molecule has 2 N–H and O–H groups in total. The Bertz CT molecular complexity index is 1360. The number of amides is 3. The minimum absolute atomic E-state index is 0.0472. The molecule has 0 saturated carbocycles. The molecule has 0 aliphatic carbocycles. The summed E-state index contributed by atoms with van der Waals surface area (Å²) >= 11 is 0. The molecule has 0 unspecified atom stereocenters. The maximum Gasteiger partial charge on any atom is 0.323 e.